The van der Waals surface area contributed by atoms with Crippen LogP contribution in [0.1, 0.15) is 32.2 Å². The number of amides is 1. The van der Waals surface area contributed by atoms with Crippen LogP contribution in [0, 0.1) is 13.8 Å². The molecule has 7 heteroatoms. The molecule has 0 saturated carbocycles. The van der Waals surface area contributed by atoms with Crippen LogP contribution in [0.2, 0.25) is 0 Å². The molecule has 7 nitrogen and oxygen atoms in total. The van der Waals surface area contributed by atoms with Crippen LogP contribution in [0.3, 0.4) is 0 Å². The van der Waals surface area contributed by atoms with Gasteiger partial charge in [0.05, 0.1) is 17.0 Å². The molecule has 2 N–H and O–H groups in total. The molecule has 98 valence electrons. The van der Waals surface area contributed by atoms with E-state index in [1.807, 2.05) is 0 Å². The monoisotopic (exact) mass is 261 g/mol. The van der Waals surface area contributed by atoms with Crippen molar-refractivity contribution in [1.29, 1.82) is 0 Å². The lowest BCUT2D eigenvalue weighted by Crippen LogP contribution is -2.15. The van der Waals surface area contributed by atoms with Crippen molar-refractivity contribution in [2.75, 3.05) is 5.32 Å². The van der Waals surface area contributed by atoms with Crippen LogP contribution in [0.15, 0.2) is 22.8 Å². The minimum absolute atomic E-state index is 0.0588. The minimum atomic E-state index is -1.08. The molecule has 1 amide bonds. The summed E-state index contributed by atoms with van der Waals surface area (Å²) in [6.07, 6.45) is 1.40. The Labute approximate surface area is 108 Å². The molecule has 0 radical (unpaired) electrons. The molecule has 0 unspecified atom stereocenters. The molecule has 2 aromatic rings. The fourth-order valence-corrected chi connectivity index (χ4v) is 1.49. The Morgan fingerprint density at radius 3 is 2.53 bits per heavy atom. The highest BCUT2D eigenvalue weighted by Gasteiger charge is 2.14. The van der Waals surface area contributed by atoms with Gasteiger partial charge in [-0.25, -0.2) is 9.78 Å². The second-order valence-corrected chi connectivity index (χ2v) is 3.88. The maximum Gasteiger partial charge on any atom is 0.337 e. The number of nitrogens with zero attached hydrogens (tertiary/aromatic N) is 2. The van der Waals surface area contributed by atoms with E-state index in [0.717, 1.165) is 0 Å². The Morgan fingerprint density at radius 1 is 1.26 bits per heavy atom. The highest BCUT2D eigenvalue weighted by atomic mass is 16.4. The quantitative estimate of drug-likeness (QED) is 0.870. The Morgan fingerprint density at radius 2 is 2.00 bits per heavy atom. The Kier molecular flexibility index (Phi) is 3.28. The molecule has 0 bridgehead atoms. The average Bonchev–Trinajstić information content (AvgIpc) is 2.74. The van der Waals surface area contributed by atoms with Crippen molar-refractivity contribution in [2.45, 2.75) is 13.8 Å². The molecule has 0 aliphatic carbocycles. The zero-order chi connectivity index (χ0) is 14.0. The van der Waals surface area contributed by atoms with Gasteiger partial charge in [-0.15, -0.1) is 0 Å². The molecular formula is C12H11N3O4. The molecule has 0 atom stereocenters. The SMILES string of the molecule is Cc1coc(NC(=O)c2ccc(C(=O)O)c(C)n2)n1. The Balaban J connectivity index is 2.20. The highest BCUT2D eigenvalue weighted by Crippen LogP contribution is 2.10. The lowest BCUT2D eigenvalue weighted by atomic mass is 10.2. The first kappa shape index (κ1) is 12.7. The normalized spacial score (nSPS) is 10.2. The third-order valence-corrected chi connectivity index (χ3v) is 2.39. The van der Waals surface area contributed by atoms with E-state index in [-0.39, 0.29) is 23.0 Å². The molecule has 0 aliphatic heterocycles. The topological polar surface area (TPSA) is 105 Å². The molecule has 2 aromatic heterocycles. The number of carbonyl (C=O) groups is 2. The number of hydrogen-bond acceptors (Lipinski definition) is 5. The summed E-state index contributed by atoms with van der Waals surface area (Å²) in [5.41, 5.74) is 1.06. The van der Waals surface area contributed by atoms with E-state index in [4.69, 9.17) is 9.52 Å². The molecule has 19 heavy (non-hydrogen) atoms. The number of hydrogen-bond donors (Lipinski definition) is 2. The molecule has 0 fully saturated rings. The molecule has 0 saturated heterocycles. The van der Waals surface area contributed by atoms with E-state index >= 15 is 0 Å². The summed E-state index contributed by atoms with van der Waals surface area (Å²) >= 11 is 0. The summed E-state index contributed by atoms with van der Waals surface area (Å²) in [4.78, 5) is 30.5. The van der Waals surface area contributed by atoms with Gasteiger partial charge in [0.15, 0.2) is 0 Å². The molecule has 0 aromatic carbocycles. The number of pyridine rings is 1. The van der Waals surface area contributed by atoms with E-state index < -0.39 is 11.9 Å². The number of oxazole rings is 1. The fourth-order valence-electron chi connectivity index (χ4n) is 1.49. The number of anilines is 1. The first-order valence-corrected chi connectivity index (χ1v) is 5.42. The number of carbonyl (C=O) groups excluding carboxylic acids is 1. The molecule has 0 spiro atoms. The summed E-state index contributed by atoms with van der Waals surface area (Å²) in [5, 5.41) is 11.3. The zero-order valence-electron chi connectivity index (χ0n) is 10.3. The lowest BCUT2D eigenvalue weighted by molar-refractivity contribution is 0.0695. The fraction of sp³-hybridized carbons (Fsp3) is 0.167. The van der Waals surface area contributed by atoms with E-state index in [1.54, 1.807) is 6.92 Å². The second-order valence-electron chi connectivity index (χ2n) is 3.88. The van der Waals surface area contributed by atoms with Gasteiger partial charge < -0.3 is 9.52 Å². The third kappa shape index (κ3) is 2.76. The number of rotatable bonds is 3. The number of carboxylic acid groups (broad SMARTS) is 1. The van der Waals surface area contributed by atoms with Gasteiger partial charge in [-0.05, 0) is 26.0 Å². The number of aromatic carboxylic acids is 1. The molecule has 0 aliphatic rings. The average molecular weight is 261 g/mol. The van der Waals surface area contributed by atoms with Crippen LogP contribution in [0.25, 0.3) is 0 Å². The Hall–Kier alpha value is -2.70. The van der Waals surface area contributed by atoms with Crippen molar-refractivity contribution in [3.63, 3.8) is 0 Å². The van der Waals surface area contributed by atoms with Crippen LogP contribution in [-0.2, 0) is 0 Å². The van der Waals surface area contributed by atoms with Crippen LogP contribution in [0.5, 0.6) is 0 Å². The van der Waals surface area contributed by atoms with Gasteiger partial charge in [-0.1, -0.05) is 0 Å². The smallest absolute Gasteiger partial charge is 0.337 e. The van der Waals surface area contributed by atoms with Gasteiger partial charge in [0.2, 0.25) is 0 Å². The standard InChI is InChI=1S/C12H11N3O4/c1-6-5-19-12(13-6)15-10(16)9-4-3-8(11(17)18)7(2)14-9/h3-5H,1-2H3,(H,17,18)(H,13,15,16). The second kappa shape index (κ2) is 4.89. The van der Waals surface area contributed by atoms with E-state index in [2.05, 4.69) is 15.3 Å². The maximum atomic E-state index is 11.8. The third-order valence-electron chi connectivity index (χ3n) is 2.39. The van der Waals surface area contributed by atoms with Crippen LogP contribution >= 0.6 is 0 Å². The van der Waals surface area contributed by atoms with Crippen molar-refractivity contribution in [3.8, 4) is 0 Å². The Bertz CT molecular complexity index is 648. The molecular weight excluding hydrogens is 250 g/mol. The first-order chi connectivity index (χ1) is 8.97. The first-order valence-electron chi connectivity index (χ1n) is 5.42. The number of nitrogens with one attached hydrogen (secondary N) is 1. The number of aromatic nitrogens is 2. The number of aryl methyl sites for hydroxylation is 2. The van der Waals surface area contributed by atoms with E-state index in [1.165, 1.54) is 25.3 Å². The van der Waals surface area contributed by atoms with Gasteiger partial charge in [0.1, 0.15) is 12.0 Å². The van der Waals surface area contributed by atoms with Crippen molar-refractivity contribution < 1.29 is 19.1 Å². The lowest BCUT2D eigenvalue weighted by Gasteiger charge is -2.03. The van der Waals surface area contributed by atoms with Gasteiger partial charge >= 0.3 is 12.0 Å². The van der Waals surface area contributed by atoms with Gasteiger partial charge in [0, 0.05) is 0 Å². The van der Waals surface area contributed by atoms with Crippen molar-refractivity contribution in [1.82, 2.24) is 9.97 Å². The van der Waals surface area contributed by atoms with Crippen molar-refractivity contribution in [2.24, 2.45) is 0 Å². The minimum Gasteiger partial charge on any atom is -0.478 e. The molecule has 2 heterocycles. The summed E-state index contributed by atoms with van der Waals surface area (Å²) < 4.78 is 4.98. The van der Waals surface area contributed by atoms with E-state index in [0.29, 0.717) is 5.69 Å². The van der Waals surface area contributed by atoms with Crippen LogP contribution in [-0.4, -0.2) is 27.0 Å². The van der Waals surface area contributed by atoms with Crippen LogP contribution < -0.4 is 5.32 Å². The zero-order valence-corrected chi connectivity index (χ0v) is 10.3. The maximum absolute atomic E-state index is 11.8. The van der Waals surface area contributed by atoms with Crippen molar-refractivity contribution in [3.05, 3.63) is 41.0 Å². The predicted molar refractivity (Wildman–Crippen MR) is 65.1 cm³/mol. The summed E-state index contributed by atoms with van der Waals surface area (Å²) in [6.45, 7) is 3.25. The number of carboxylic acids is 1. The predicted octanol–water partition coefficient (Wildman–Crippen LogP) is 1.64. The van der Waals surface area contributed by atoms with Gasteiger partial charge in [-0.3, -0.25) is 10.1 Å². The van der Waals surface area contributed by atoms with Gasteiger partial charge in [0.25, 0.3) is 5.91 Å². The summed E-state index contributed by atoms with van der Waals surface area (Å²) in [6, 6.07) is 2.74. The highest BCUT2D eigenvalue weighted by molar-refractivity contribution is 6.02. The van der Waals surface area contributed by atoms with E-state index in [9.17, 15) is 9.59 Å². The summed E-state index contributed by atoms with van der Waals surface area (Å²) in [7, 11) is 0. The molecule has 2 rings (SSSR count). The van der Waals surface area contributed by atoms with Crippen LogP contribution in [0.4, 0.5) is 6.01 Å². The largest absolute Gasteiger partial charge is 0.478 e. The van der Waals surface area contributed by atoms with Gasteiger partial charge in [-0.2, -0.15) is 4.98 Å². The summed E-state index contributed by atoms with van der Waals surface area (Å²) in [5.74, 6) is -1.60. The van der Waals surface area contributed by atoms with Crippen molar-refractivity contribution >= 4 is 17.9 Å².